The Morgan fingerprint density at radius 2 is 2.00 bits per heavy atom. The first-order valence-electron chi connectivity index (χ1n) is 8.17. The zero-order chi connectivity index (χ0) is 14.3. The summed E-state index contributed by atoms with van der Waals surface area (Å²) in [6.45, 7) is 7.65. The van der Waals surface area contributed by atoms with Crippen LogP contribution in [0.5, 0.6) is 0 Å². The molecule has 122 valence electrons. The van der Waals surface area contributed by atoms with Gasteiger partial charge >= 0.3 is 0 Å². The van der Waals surface area contributed by atoms with E-state index in [0.29, 0.717) is 18.5 Å². The number of hydrogen-bond acceptors (Lipinski definition) is 3. The minimum absolute atomic E-state index is 0. The Labute approximate surface area is 134 Å². The number of nitrogens with zero attached hydrogens (tertiary/aromatic N) is 1. The molecule has 1 aliphatic carbocycles. The van der Waals surface area contributed by atoms with Gasteiger partial charge in [-0.3, -0.25) is 4.79 Å². The average molecular weight is 317 g/mol. The van der Waals surface area contributed by atoms with Gasteiger partial charge < -0.3 is 15.0 Å². The average Bonchev–Trinajstić information content (AvgIpc) is 2.79. The van der Waals surface area contributed by atoms with Crippen molar-refractivity contribution >= 4 is 18.3 Å². The lowest BCUT2D eigenvalue weighted by Crippen LogP contribution is -2.57. The molecule has 4 atom stereocenters. The second-order valence-corrected chi connectivity index (χ2v) is 7.51. The summed E-state index contributed by atoms with van der Waals surface area (Å²) in [5.74, 6) is 1.02. The van der Waals surface area contributed by atoms with Crippen LogP contribution in [-0.2, 0) is 9.53 Å². The Balaban J connectivity index is 0.00000161. The lowest BCUT2D eigenvalue weighted by molar-refractivity contribution is -0.159. The van der Waals surface area contributed by atoms with E-state index < -0.39 is 0 Å². The van der Waals surface area contributed by atoms with Crippen LogP contribution in [0.25, 0.3) is 0 Å². The van der Waals surface area contributed by atoms with Gasteiger partial charge in [0.25, 0.3) is 0 Å². The molecule has 0 bridgehead atoms. The molecular formula is C16H29ClN2O2. The van der Waals surface area contributed by atoms with Crippen molar-refractivity contribution in [3.8, 4) is 0 Å². The molecule has 1 N–H and O–H groups in total. The molecule has 0 aromatic carbocycles. The third-order valence-corrected chi connectivity index (χ3v) is 5.04. The minimum atomic E-state index is -0.224. The Morgan fingerprint density at radius 3 is 2.67 bits per heavy atom. The quantitative estimate of drug-likeness (QED) is 0.807. The molecule has 3 fully saturated rings. The van der Waals surface area contributed by atoms with E-state index in [1.807, 2.05) is 4.90 Å². The van der Waals surface area contributed by atoms with E-state index in [1.54, 1.807) is 0 Å². The lowest BCUT2D eigenvalue weighted by atomic mass is 9.85. The number of ether oxygens (including phenoxy) is 1. The highest BCUT2D eigenvalue weighted by Gasteiger charge is 2.42. The number of halogens is 1. The second kappa shape index (κ2) is 6.43. The molecule has 4 nitrogen and oxygen atoms in total. The van der Waals surface area contributed by atoms with Crippen LogP contribution in [0.4, 0.5) is 0 Å². The molecule has 2 heterocycles. The summed E-state index contributed by atoms with van der Waals surface area (Å²) in [6, 6.07) is 0.633. The topological polar surface area (TPSA) is 41.6 Å². The van der Waals surface area contributed by atoms with Crippen LogP contribution in [0.1, 0.15) is 52.9 Å². The number of morpholine rings is 1. The zero-order valence-corrected chi connectivity index (χ0v) is 14.2. The van der Waals surface area contributed by atoms with Gasteiger partial charge in [-0.2, -0.15) is 0 Å². The fourth-order valence-corrected chi connectivity index (χ4v) is 4.35. The van der Waals surface area contributed by atoms with E-state index in [4.69, 9.17) is 4.74 Å². The number of carbonyl (C=O) groups is 1. The number of carbonyl (C=O) groups excluding carboxylic acids is 1. The summed E-state index contributed by atoms with van der Waals surface area (Å²) >= 11 is 0. The molecule has 0 radical (unpaired) electrons. The highest BCUT2D eigenvalue weighted by molar-refractivity contribution is 5.85. The first-order valence-corrected chi connectivity index (χ1v) is 8.17. The van der Waals surface area contributed by atoms with E-state index in [9.17, 15) is 4.79 Å². The maximum absolute atomic E-state index is 12.8. The molecule has 5 heteroatoms. The van der Waals surface area contributed by atoms with Gasteiger partial charge in [0.2, 0.25) is 5.91 Å². The van der Waals surface area contributed by atoms with Crippen molar-refractivity contribution < 1.29 is 9.53 Å². The van der Waals surface area contributed by atoms with Crippen molar-refractivity contribution in [2.45, 2.75) is 76.7 Å². The normalized spacial score (nSPS) is 38.5. The van der Waals surface area contributed by atoms with Crippen molar-refractivity contribution in [2.24, 2.45) is 5.92 Å². The smallest absolute Gasteiger partial charge is 0.239 e. The molecule has 4 unspecified atom stereocenters. The maximum Gasteiger partial charge on any atom is 0.239 e. The minimum Gasteiger partial charge on any atom is -0.369 e. The van der Waals surface area contributed by atoms with Crippen molar-refractivity contribution in [3.05, 3.63) is 0 Å². The standard InChI is InChI=1S/C16H28N2O2.ClH/c1-11-9-18(10-16(2,3)20-11)15(19)14-8-12-6-4-5-7-13(12)17-14;/h11-14,17H,4-10H2,1-3H3;1H. The number of amides is 1. The van der Waals surface area contributed by atoms with E-state index in [0.717, 1.165) is 18.9 Å². The Morgan fingerprint density at radius 1 is 1.29 bits per heavy atom. The SMILES string of the molecule is CC1CN(C(=O)C2CC3CCCCC3N2)CC(C)(C)O1.Cl. The van der Waals surface area contributed by atoms with Gasteiger partial charge in [0.15, 0.2) is 0 Å². The summed E-state index contributed by atoms with van der Waals surface area (Å²) < 4.78 is 5.90. The zero-order valence-electron chi connectivity index (χ0n) is 13.4. The molecule has 0 aromatic heterocycles. The predicted octanol–water partition coefficient (Wildman–Crippen LogP) is 2.35. The van der Waals surface area contributed by atoms with Crippen LogP contribution in [0.3, 0.4) is 0 Å². The Kier molecular flexibility index (Phi) is 5.22. The summed E-state index contributed by atoms with van der Waals surface area (Å²) in [5.41, 5.74) is -0.224. The maximum atomic E-state index is 12.8. The van der Waals surface area contributed by atoms with Gasteiger partial charge in [-0.1, -0.05) is 12.8 Å². The van der Waals surface area contributed by atoms with Crippen molar-refractivity contribution in [2.75, 3.05) is 13.1 Å². The van der Waals surface area contributed by atoms with Gasteiger partial charge in [-0.25, -0.2) is 0 Å². The fraction of sp³-hybridized carbons (Fsp3) is 0.938. The highest BCUT2D eigenvalue weighted by atomic mass is 35.5. The number of fused-ring (bicyclic) bond motifs is 1. The van der Waals surface area contributed by atoms with Crippen molar-refractivity contribution in [1.82, 2.24) is 10.2 Å². The first-order chi connectivity index (χ1) is 9.44. The molecule has 0 spiro atoms. The van der Waals surface area contributed by atoms with Crippen LogP contribution in [-0.4, -0.2) is 47.7 Å². The molecule has 0 aromatic rings. The monoisotopic (exact) mass is 316 g/mol. The molecular weight excluding hydrogens is 288 g/mol. The predicted molar refractivity (Wildman–Crippen MR) is 85.7 cm³/mol. The summed E-state index contributed by atoms with van der Waals surface area (Å²) in [4.78, 5) is 14.8. The van der Waals surface area contributed by atoms with Crippen LogP contribution >= 0.6 is 12.4 Å². The van der Waals surface area contributed by atoms with Gasteiger partial charge in [0, 0.05) is 19.1 Å². The Bertz CT molecular complexity index is 374. The molecule has 2 saturated heterocycles. The number of rotatable bonds is 1. The molecule has 3 rings (SSSR count). The molecule has 3 aliphatic rings. The van der Waals surface area contributed by atoms with E-state index in [-0.39, 0.29) is 30.2 Å². The fourth-order valence-electron chi connectivity index (χ4n) is 4.35. The Hall–Kier alpha value is -0.320. The highest BCUT2D eigenvalue weighted by Crippen LogP contribution is 2.34. The number of nitrogens with one attached hydrogen (secondary N) is 1. The van der Waals surface area contributed by atoms with Crippen LogP contribution in [0.2, 0.25) is 0 Å². The van der Waals surface area contributed by atoms with Crippen molar-refractivity contribution in [3.63, 3.8) is 0 Å². The third kappa shape index (κ3) is 3.72. The van der Waals surface area contributed by atoms with E-state index >= 15 is 0 Å². The summed E-state index contributed by atoms with van der Waals surface area (Å²) in [6.07, 6.45) is 6.37. The van der Waals surface area contributed by atoms with Gasteiger partial charge in [-0.05, 0) is 46.0 Å². The van der Waals surface area contributed by atoms with E-state index in [1.165, 1.54) is 25.7 Å². The van der Waals surface area contributed by atoms with Gasteiger partial charge in [0.05, 0.1) is 17.7 Å². The van der Waals surface area contributed by atoms with Crippen LogP contribution in [0.15, 0.2) is 0 Å². The first kappa shape index (κ1) is 17.0. The lowest BCUT2D eigenvalue weighted by Gasteiger charge is -2.42. The molecule has 2 aliphatic heterocycles. The van der Waals surface area contributed by atoms with Gasteiger partial charge in [0.1, 0.15) is 0 Å². The second-order valence-electron chi connectivity index (χ2n) is 7.51. The van der Waals surface area contributed by atoms with E-state index in [2.05, 4.69) is 26.1 Å². The summed E-state index contributed by atoms with van der Waals surface area (Å²) in [7, 11) is 0. The third-order valence-electron chi connectivity index (χ3n) is 5.04. The number of hydrogen-bond donors (Lipinski definition) is 1. The van der Waals surface area contributed by atoms with Crippen LogP contribution < -0.4 is 5.32 Å². The van der Waals surface area contributed by atoms with Gasteiger partial charge in [-0.15, -0.1) is 12.4 Å². The summed E-state index contributed by atoms with van der Waals surface area (Å²) in [5, 5.41) is 3.60. The van der Waals surface area contributed by atoms with Crippen LogP contribution in [0, 0.1) is 5.92 Å². The largest absolute Gasteiger partial charge is 0.369 e. The molecule has 1 saturated carbocycles. The van der Waals surface area contributed by atoms with Crippen molar-refractivity contribution in [1.29, 1.82) is 0 Å². The molecule has 1 amide bonds. The molecule has 21 heavy (non-hydrogen) atoms.